The van der Waals surface area contributed by atoms with E-state index in [-0.39, 0.29) is 5.56 Å². The molecule has 0 spiro atoms. The van der Waals surface area contributed by atoms with Gasteiger partial charge in [0.25, 0.3) is 0 Å². The number of hydrogen-bond donors (Lipinski definition) is 2. The fraction of sp³-hybridized carbons (Fsp3) is 0.0909. The summed E-state index contributed by atoms with van der Waals surface area (Å²) < 4.78 is 5.79. The van der Waals surface area contributed by atoms with Crippen LogP contribution in [0.1, 0.15) is 27.0 Å². The Morgan fingerprint density at radius 1 is 1.07 bits per heavy atom. The van der Waals surface area contributed by atoms with Gasteiger partial charge in [-0.3, -0.25) is 5.43 Å². The van der Waals surface area contributed by atoms with Crippen molar-refractivity contribution in [1.29, 1.82) is 0 Å². The van der Waals surface area contributed by atoms with Crippen LogP contribution in [0.3, 0.4) is 0 Å². The number of hydrazone groups is 1. The third kappa shape index (κ3) is 5.19. The van der Waals surface area contributed by atoms with Crippen LogP contribution in [-0.4, -0.2) is 17.3 Å². The Balaban J connectivity index is 1.57. The fourth-order valence-electron chi connectivity index (χ4n) is 2.56. The summed E-state index contributed by atoms with van der Waals surface area (Å²) in [7, 11) is 0. The van der Waals surface area contributed by atoms with Gasteiger partial charge in [-0.2, -0.15) is 5.10 Å². The molecule has 0 saturated carbocycles. The summed E-state index contributed by atoms with van der Waals surface area (Å²) in [6.07, 6.45) is 1.63. The zero-order valence-electron chi connectivity index (χ0n) is 14.9. The number of para-hydroxylation sites is 1. The van der Waals surface area contributed by atoms with Crippen LogP contribution in [0.2, 0.25) is 0 Å². The Morgan fingerprint density at radius 2 is 1.85 bits per heavy atom. The van der Waals surface area contributed by atoms with E-state index in [2.05, 4.69) is 29.6 Å². The van der Waals surface area contributed by atoms with E-state index >= 15 is 0 Å². The maximum atomic E-state index is 11.2. The largest absolute Gasteiger partial charge is 0.489 e. The summed E-state index contributed by atoms with van der Waals surface area (Å²) >= 11 is 0. The highest BCUT2D eigenvalue weighted by molar-refractivity contribution is 5.94. The topological polar surface area (TPSA) is 70.9 Å². The van der Waals surface area contributed by atoms with Crippen LogP contribution in [0, 0.1) is 6.92 Å². The Labute approximate surface area is 157 Å². The number of aromatic carboxylic acids is 1. The molecule has 5 heteroatoms. The lowest BCUT2D eigenvalue weighted by atomic mass is 10.1. The smallest absolute Gasteiger partial charge is 0.337 e. The van der Waals surface area contributed by atoms with E-state index in [0.29, 0.717) is 12.3 Å². The molecule has 136 valence electrons. The number of aryl methyl sites for hydroxylation is 1. The van der Waals surface area contributed by atoms with Gasteiger partial charge in [0.05, 0.1) is 17.5 Å². The number of nitrogens with one attached hydrogen (secondary N) is 1. The Bertz CT molecular complexity index is 950. The van der Waals surface area contributed by atoms with Crippen molar-refractivity contribution in [3.8, 4) is 5.75 Å². The van der Waals surface area contributed by atoms with Crippen molar-refractivity contribution in [2.24, 2.45) is 5.10 Å². The highest BCUT2D eigenvalue weighted by Gasteiger charge is 2.07. The molecule has 0 fully saturated rings. The quantitative estimate of drug-likeness (QED) is 0.472. The number of carbonyl (C=O) groups is 1. The number of nitrogens with zero attached hydrogens (tertiary/aromatic N) is 1. The van der Waals surface area contributed by atoms with E-state index in [1.54, 1.807) is 24.4 Å². The van der Waals surface area contributed by atoms with E-state index in [4.69, 9.17) is 9.84 Å². The van der Waals surface area contributed by atoms with Crippen LogP contribution in [0.15, 0.2) is 77.9 Å². The van der Waals surface area contributed by atoms with Gasteiger partial charge in [-0.1, -0.05) is 42.0 Å². The van der Waals surface area contributed by atoms with Crippen LogP contribution >= 0.6 is 0 Å². The number of rotatable bonds is 7. The van der Waals surface area contributed by atoms with Gasteiger partial charge in [0, 0.05) is 0 Å². The number of carboxylic acid groups (broad SMARTS) is 1. The number of carboxylic acids is 1. The molecule has 0 heterocycles. The predicted molar refractivity (Wildman–Crippen MR) is 107 cm³/mol. The van der Waals surface area contributed by atoms with E-state index in [1.807, 2.05) is 36.4 Å². The molecular weight excluding hydrogens is 340 g/mol. The van der Waals surface area contributed by atoms with Crippen molar-refractivity contribution in [3.63, 3.8) is 0 Å². The normalized spacial score (nSPS) is 10.7. The Hall–Kier alpha value is -3.60. The fourth-order valence-corrected chi connectivity index (χ4v) is 2.56. The maximum absolute atomic E-state index is 11.2. The van der Waals surface area contributed by atoms with Gasteiger partial charge in [0.15, 0.2) is 0 Å². The second-order valence-electron chi connectivity index (χ2n) is 6.07. The van der Waals surface area contributed by atoms with E-state index < -0.39 is 5.97 Å². The molecule has 0 saturated heterocycles. The van der Waals surface area contributed by atoms with Crippen molar-refractivity contribution in [2.75, 3.05) is 5.43 Å². The molecule has 3 aromatic carbocycles. The summed E-state index contributed by atoms with van der Waals surface area (Å²) in [6.45, 7) is 2.57. The lowest BCUT2D eigenvalue weighted by Crippen LogP contribution is -2.02. The first kappa shape index (κ1) is 18.2. The molecule has 0 aliphatic heterocycles. The first-order valence-electron chi connectivity index (χ1n) is 8.51. The summed E-state index contributed by atoms with van der Waals surface area (Å²) in [5.41, 5.74) is 6.59. The molecule has 0 bridgehead atoms. The Morgan fingerprint density at radius 3 is 2.59 bits per heavy atom. The average Bonchev–Trinajstić information content (AvgIpc) is 2.68. The molecule has 5 nitrogen and oxygen atoms in total. The van der Waals surface area contributed by atoms with Gasteiger partial charge in [0.1, 0.15) is 12.4 Å². The minimum Gasteiger partial charge on any atom is -0.489 e. The van der Waals surface area contributed by atoms with Crippen LogP contribution in [0.25, 0.3) is 0 Å². The van der Waals surface area contributed by atoms with Gasteiger partial charge < -0.3 is 9.84 Å². The zero-order chi connectivity index (χ0) is 19.1. The van der Waals surface area contributed by atoms with E-state index in [1.165, 1.54) is 11.6 Å². The van der Waals surface area contributed by atoms with E-state index in [9.17, 15) is 4.79 Å². The molecule has 0 radical (unpaired) electrons. The molecule has 27 heavy (non-hydrogen) atoms. The van der Waals surface area contributed by atoms with Crippen molar-refractivity contribution in [1.82, 2.24) is 0 Å². The third-order valence-electron chi connectivity index (χ3n) is 3.92. The van der Waals surface area contributed by atoms with Gasteiger partial charge in [-0.05, 0) is 54.4 Å². The van der Waals surface area contributed by atoms with Crippen molar-refractivity contribution >= 4 is 17.9 Å². The molecule has 0 atom stereocenters. The molecule has 0 unspecified atom stereocenters. The molecule has 3 rings (SSSR count). The number of ether oxygens (including phenoxy) is 1. The SMILES string of the molecule is Cc1cccc(COc2ccc(/C=N/Nc3ccccc3C(=O)O)cc2)c1. The van der Waals surface area contributed by atoms with Gasteiger partial charge in [-0.15, -0.1) is 0 Å². The molecular formula is C22H20N2O3. The minimum atomic E-state index is -0.997. The van der Waals surface area contributed by atoms with Crippen LogP contribution in [-0.2, 0) is 6.61 Å². The molecule has 2 N–H and O–H groups in total. The average molecular weight is 360 g/mol. The summed E-state index contributed by atoms with van der Waals surface area (Å²) in [6, 6.07) is 22.4. The Kier molecular flexibility index (Phi) is 5.84. The standard InChI is InChI=1S/C22H20N2O3/c1-16-5-4-6-18(13-16)15-27-19-11-9-17(10-12-19)14-23-24-21-8-3-2-7-20(21)22(25)26/h2-14,24H,15H2,1H3,(H,25,26)/b23-14+. The number of hydrogen-bond acceptors (Lipinski definition) is 4. The summed E-state index contributed by atoms with van der Waals surface area (Å²) in [5, 5.41) is 13.3. The maximum Gasteiger partial charge on any atom is 0.337 e. The number of benzene rings is 3. The van der Waals surface area contributed by atoms with Crippen molar-refractivity contribution < 1.29 is 14.6 Å². The summed E-state index contributed by atoms with van der Waals surface area (Å²) in [4.78, 5) is 11.2. The molecule has 0 aliphatic rings. The van der Waals surface area contributed by atoms with E-state index in [0.717, 1.165) is 16.9 Å². The monoisotopic (exact) mass is 360 g/mol. The van der Waals surface area contributed by atoms with Crippen LogP contribution in [0.5, 0.6) is 5.75 Å². The first-order chi connectivity index (χ1) is 13.1. The highest BCUT2D eigenvalue weighted by Crippen LogP contribution is 2.16. The lowest BCUT2D eigenvalue weighted by Gasteiger charge is -2.07. The van der Waals surface area contributed by atoms with Crippen molar-refractivity contribution in [3.05, 3.63) is 95.1 Å². The third-order valence-corrected chi connectivity index (χ3v) is 3.92. The van der Waals surface area contributed by atoms with Gasteiger partial charge in [-0.25, -0.2) is 4.79 Å². The summed E-state index contributed by atoms with van der Waals surface area (Å²) in [5.74, 6) is -0.221. The zero-order valence-corrected chi connectivity index (χ0v) is 14.9. The molecule has 3 aromatic rings. The van der Waals surface area contributed by atoms with Gasteiger partial charge >= 0.3 is 5.97 Å². The minimum absolute atomic E-state index is 0.176. The van der Waals surface area contributed by atoms with Crippen LogP contribution < -0.4 is 10.2 Å². The number of anilines is 1. The molecule has 0 aromatic heterocycles. The second-order valence-corrected chi connectivity index (χ2v) is 6.07. The predicted octanol–water partition coefficient (Wildman–Crippen LogP) is 4.72. The van der Waals surface area contributed by atoms with Crippen LogP contribution in [0.4, 0.5) is 5.69 Å². The second kappa shape index (κ2) is 8.67. The van der Waals surface area contributed by atoms with Gasteiger partial charge in [0.2, 0.25) is 0 Å². The highest BCUT2D eigenvalue weighted by atomic mass is 16.5. The first-order valence-corrected chi connectivity index (χ1v) is 8.51. The van der Waals surface area contributed by atoms with Crippen molar-refractivity contribution in [2.45, 2.75) is 13.5 Å². The molecule has 0 aliphatic carbocycles. The lowest BCUT2D eigenvalue weighted by molar-refractivity contribution is 0.0698. The molecule has 0 amide bonds.